The normalized spacial score (nSPS) is 11.9. The number of rotatable bonds is 3. The Hall–Kier alpha value is -3.27. The van der Waals surface area contributed by atoms with Gasteiger partial charge < -0.3 is 5.11 Å². The van der Waals surface area contributed by atoms with Crippen LogP contribution in [-0.4, -0.2) is 20.9 Å². The average molecular weight is 409 g/mol. The van der Waals surface area contributed by atoms with Gasteiger partial charge in [-0.15, -0.1) is 0 Å². The highest BCUT2D eigenvalue weighted by Gasteiger charge is 2.30. The molecule has 1 aromatic heterocycles. The number of aromatic amines is 1. The summed E-state index contributed by atoms with van der Waals surface area (Å²) >= 11 is 5.02. The minimum atomic E-state index is -4.54. The van der Waals surface area contributed by atoms with Gasteiger partial charge in [-0.25, -0.2) is 4.39 Å². The van der Waals surface area contributed by atoms with Crippen molar-refractivity contribution in [2.45, 2.75) is 6.18 Å². The molecule has 2 N–H and O–H groups in total. The molecule has 5 nitrogen and oxygen atoms in total. The van der Waals surface area contributed by atoms with Crippen molar-refractivity contribution < 1.29 is 22.7 Å². The molecule has 0 saturated heterocycles. The Bertz CT molecular complexity index is 1170. The Kier molecular flexibility index (Phi) is 5.14. The maximum absolute atomic E-state index is 13.1. The molecule has 0 radical (unpaired) electrons. The Balaban J connectivity index is 2.07. The number of H-pyrrole nitrogens is 1. The highest BCUT2D eigenvalue weighted by Crippen LogP contribution is 2.31. The SMILES string of the molecule is O=c1[nH]c(=S)n(-c2ccc(F)cc2)c(O)c1C=Nc1cccc(C(F)(F)F)c1. The van der Waals surface area contributed by atoms with Crippen molar-refractivity contribution in [3.05, 3.63) is 80.6 Å². The van der Waals surface area contributed by atoms with Crippen LogP contribution in [0.4, 0.5) is 23.2 Å². The molecule has 0 saturated carbocycles. The molecular weight excluding hydrogens is 398 g/mol. The number of aliphatic imine (C=N–C) groups is 1. The van der Waals surface area contributed by atoms with Crippen molar-refractivity contribution >= 4 is 24.1 Å². The van der Waals surface area contributed by atoms with Crippen molar-refractivity contribution in [3.63, 3.8) is 0 Å². The van der Waals surface area contributed by atoms with Gasteiger partial charge in [-0.1, -0.05) is 6.07 Å². The van der Waals surface area contributed by atoms with E-state index in [1.165, 1.54) is 24.3 Å². The molecule has 0 fully saturated rings. The van der Waals surface area contributed by atoms with E-state index in [0.29, 0.717) is 0 Å². The van der Waals surface area contributed by atoms with Gasteiger partial charge in [-0.05, 0) is 54.7 Å². The third-order valence-corrected chi connectivity index (χ3v) is 4.01. The van der Waals surface area contributed by atoms with Crippen LogP contribution in [0.3, 0.4) is 0 Å². The van der Waals surface area contributed by atoms with E-state index in [9.17, 15) is 27.5 Å². The molecule has 0 spiro atoms. The number of hydrogen-bond acceptors (Lipinski definition) is 4. The quantitative estimate of drug-likeness (QED) is 0.380. The first-order chi connectivity index (χ1) is 13.2. The molecule has 0 aliphatic heterocycles. The van der Waals surface area contributed by atoms with Gasteiger partial charge in [-0.3, -0.25) is 19.3 Å². The van der Waals surface area contributed by atoms with Crippen LogP contribution < -0.4 is 5.56 Å². The third-order valence-electron chi connectivity index (χ3n) is 3.72. The molecule has 0 amide bonds. The lowest BCUT2D eigenvalue weighted by Crippen LogP contribution is -2.18. The number of aromatic hydroxyl groups is 1. The number of benzene rings is 2. The number of hydrogen-bond donors (Lipinski definition) is 2. The molecule has 3 aromatic rings. The fourth-order valence-corrected chi connectivity index (χ4v) is 2.67. The summed E-state index contributed by atoms with van der Waals surface area (Å²) in [6.07, 6.45) is -3.61. The molecule has 3 rings (SSSR count). The highest BCUT2D eigenvalue weighted by atomic mass is 32.1. The van der Waals surface area contributed by atoms with E-state index >= 15 is 0 Å². The summed E-state index contributed by atoms with van der Waals surface area (Å²) in [5.41, 5.74) is -1.80. The molecule has 144 valence electrons. The van der Waals surface area contributed by atoms with E-state index in [1.54, 1.807) is 0 Å². The van der Waals surface area contributed by atoms with Gasteiger partial charge in [0.1, 0.15) is 11.4 Å². The lowest BCUT2D eigenvalue weighted by atomic mass is 10.2. The van der Waals surface area contributed by atoms with Crippen molar-refractivity contribution in [2.75, 3.05) is 0 Å². The summed E-state index contributed by atoms with van der Waals surface area (Å²) in [7, 11) is 0. The summed E-state index contributed by atoms with van der Waals surface area (Å²) in [6, 6.07) is 9.11. The van der Waals surface area contributed by atoms with Gasteiger partial charge in [0, 0.05) is 6.21 Å². The molecule has 0 atom stereocenters. The molecule has 10 heteroatoms. The number of halogens is 4. The van der Waals surface area contributed by atoms with Crippen LogP contribution >= 0.6 is 12.2 Å². The van der Waals surface area contributed by atoms with Gasteiger partial charge in [0.05, 0.1) is 16.9 Å². The Morgan fingerprint density at radius 1 is 1.14 bits per heavy atom. The maximum atomic E-state index is 13.1. The zero-order chi connectivity index (χ0) is 20.5. The molecule has 28 heavy (non-hydrogen) atoms. The summed E-state index contributed by atoms with van der Waals surface area (Å²) < 4.78 is 52.4. The van der Waals surface area contributed by atoms with Gasteiger partial charge in [0.15, 0.2) is 4.77 Å². The molecule has 1 heterocycles. The number of aromatic nitrogens is 2. The summed E-state index contributed by atoms with van der Waals surface area (Å²) in [5.74, 6) is -1.10. The first-order valence-corrected chi connectivity index (χ1v) is 8.13. The first kappa shape index (κ1) is 19.5. The largest absolute Gasteiger partial charge is 0.494 e. The van der Waals surface area contributed by atoms with Crippen molar-refractivity contribution in [2.24, 2.45) is 4.99 Å². The standard InChI is InChI=1S/C18H11F4N3O2S/c19-11-4-6-13(7-5-11)25-16(27)14(15(26)24-17(25)28)9-23-12-3-1-2-10(8-12)18(20,21)22/h1-9,27H,(H,24,26,28). The van der Waals surface area contributed by atoms with Crippen LogP contribution in [0.2, 0.25) is 0 Å². The average Bonchev–Trinajstić information content (AvgIpc) is 2.62. The van der Waals surface area contributed by atoms with E-state index in [-0.39, 0.29) is 21.7 Å². The third kappa shape index (κ3) is 4.01. The number of nitrogens with one attached hydrogen (secondary N) is 1. The fraction of sp³-hybridized carbons (Fsp3) is 0.0556. The smallest absolute Gasteiger partial charge is 0.416 e. The van der Waals surface area contributed by atoms with Gasteiger partial charge in [0.2, 0.25) is 5.88 Å². The van der Waals surface area contributed by atoms with Gasteiger partial charge >= 0.3 is 6.18 Å². The van der Waals surface area contributed by atoms with Crippen LogP contribution in [0.5, 0.6) is 5.88 Å². The number of nitrogens with zero attached hydrogens (tertiary/aromatic N) is 2. The maximum Gasteiger partial charge on any atom is 0.416 e. The summed E-state index contributed by atoms with van der Waals surface area (Å²) in [5, 5.41) is 10.4. The van der Waals surface area contributed by atoms with E-state index < -0.39 is 29.0 Å². The van der Waals surface area contributed by atoms with Crippen LogP contribution in [0.25, 0.3) is 5.69 Å². The predicted molar refractivity (Wildman–Crippen MR) is 97.5 cm³/mol. The fourth-order valence-electron chi connectivity index (χ4n) is 2.39. The van der Waals surface area contributed by atoms with Crippen LogP contribution in [-0.2, 0) is 6.18 Å². The lowest BCUT2D eigenvalue weighted by Gasteiger charge is -2.11. The van der Waals surface area contributed by atoms with E-state index in [1.807, 2.05) is 0 Å². The minimum absolute atomic E-state index is 0.0654. The lowest BCUT2D eigenvalue weighted by molar-refractivity contribution is -0.137. The molecule has 0 bridgehead atoms. The monoisotopic (exact) mass is 409 g/mol. The van der Waals surface area contributed by atoms with Crippen LogP contribution in [0.1, 0.15) is 11.1 Å². The number of alkyl halides is 3. The van der Waals surface area contributed by atoms with E-state index in [4.69, 9.17) is 12.2 Å². The summed E-state index contributed by atoms with van der Waals surface area (Å²) in [6.45, 7) is 0. The Labute approximate surface area is 160 Å². The highest BCUT2D eigenvalue weighted by molar-refractivity contribution is 7.71. The molecular formula is C18H11F4N3O2S. The molecule has 0 unspecified atom stereocenters. The predicted octanol–water partition coefficient (Wildman–Crippen LogP) is 4.51. The van der Waals surface area contributed by atoms with Crippen molar-refractivity contribution in [1.82, 2.24) is 9.55 Å². The second-order valence-electron chi connectivity index (χ2n) is 5.61. The van der Waals surface area contributed by atoms with Crippen LogP contribution in [0, 0.1) is 10.6 Å². The van der Waals surface area contributed by atoms with Crippen molar-refractivity contribution in [3.8, 4) is 11.6 Å². The molecule has 0 aliphatic rings. The van der Waals surface area contributed by atoms with Crippen LogP contribution in [0.15, 0.2) is 58.3 Å². The summed E-state index contributed by atoms with van der Waals surface area (Å²) in [4.78, 5) is 18.3. The Morgan fingerprint density at radius 3 is 2.46 bits per heavy atom. The Morgan fingerprint density at radius 2 is 1.82 bits per heavy atom. The second kappa shape index (κ2) is 7.39. The van der Waals surface area contributed by atoms with Gasteiger partial charge in [-0.2, -0.15) is 13.2 Å². The molecule has 2 aromatic carbocycles. The second-order valence-corrected chi connectivity index (χ2v) is 6.00. The topological polar surface area (TPSA) is 70.4 Å². The van der Waals surface area contributed by atoms with Gasteiger partial charge in [0.25, 0.3) is 5.56 Å². The zero-order valence-electron chi connectivity index (χ0n) is 13.9. The van der Waals surface area contributed by atoms with E-state index in [0.717, 1.165) is 35.0 Å². The van der Waals surface area contributed by atoms with E-state index in [2.05, 4.69) is 9.98 Å². The minimum Gasteiger partial charge on any atom is -0.494 e. The van der Waals surface area contributed by atoms with Crippen molar-refractivity contribution in [1.29, 1.82) is 0 Å². The first-order valence-electron chi connectivity index (χ1n) is 7.72. The molecule has 0 aliphatic carbocycles. The zero-order valence-corrected chi connectivity index (χ0v) is 14.7.